The Labute approximate surface area is 207 Å². The van der Waals surface area contributed by atoms with E-state index in [1.165, 1.54) is 5.56 Å². The van der Waals surface area contributed by atoms with Gasteiger partial charge in [-0.25, -0.2) is 0 Å². The number of carboxylic acids is 1. The number of benzene rings is 2. The van der Waals surface area contributed by atoms with Gasteiger partial charge < -0.3 is 14.6 Å². The first-order valence-electron chi connectivity index (χ1n) is 12.7. The minimum absolute atomic E-state index is 0.241. The predicted molar refractivity (Wildman–Crippen MR) is 134 cm³/mol. The lowest BCUT2D eigenvalue weighted by Gasteiger charge is -2.28. The number of carboxylic acid groups (broad SMARTS) is 1. The Hall–Kier alpha value is -3.12. The van der Waals surface area contributed by atoms with Crippen molar-refractivity contribution in [1.82, 2.24) is 4.90 Å². The molecule has 3 unspecified atom stereocenters. The number of para-hydroxylation sites is 1. The summed E-state index contributed by atoms with van der Waals surface area (Å²) in [6.45, 7) is 2.79. The second kappa shape index (κ2) is 12.5. The Morgan fingerprint density at radius 3 is 2.34 bits per heavy atom. The van der Waals surface area contributed by atoms with Crippen LogP contribution in [0, 0.1) is 11.8 Å². The van der Waals surface area contributed by atoms with E-state index in [4.69, 9.17) is 9.47 Å². The highest BCUT2D eigenvalue weighted by molar-refractivity contribution is 5.81. The number of esters is 1. The highest BCUT2D eigenvalue weighted by Gasteiger charge is 2.36. The second-order valence-corrected chi connectivity index (χ2v) is 9.46. The monoisotopic (exact) mass is 477 g/mol. The summed E-state index contributed by atoms with van der Waals surface area (Å²) in [4.78, 5) is 27.0. The molecule has 6 nitrogen and oxygen atoms in total. The van der Waals surface area contributed by atoms with Gasteiger partial charge in [-0.05, 0) is 68.8 Å². The first-order valence-corrected chi connectivity index (χ1v) is 12.7. The molecular weight excluding hydrogens is 442 g/mol. The molecule has 1 fully saturated rings. The van der Waals surface area contributed by atoms with Crippen LogP contribution >= 0.6 is 0 Å². The average Bonchev–Trinajstić information content (AvgIpc) is 3.40. The molecule has 2 aliphatic rings. The van der Waals surface area contributed by atoms with Crippen LogP contribution in [-0.2, 0) is 27.2 Å². The van der Waals surface area contributed by atoms with E-state index >= 15 is 0 Å². The number of rotatable bonds is 11. The average molecular weight is 478 g/mol. The lowest BCUT2D eigenvalue weighted by atomic mass is 9.83. The number of hydrogen-bond donors (Lipinski definition) is 1. The van der Waals surface area contributed by atoms with Crippen LogP contribution in [0.2, 0.25) is 0 Å². The Morgan fingerprint density at radius 1 is 0.914 bits per heavy atom. The molecule has 4 rings (SSSR count). The predicted octanol–water partition coefficient (Wildman–Crippen LogP) is 4.53. The fourth-order valence-corrected chi connectivity index (χ4v) is 4.93. The number of aryl methyl sites for hydroxylation is 2. The van der Waals surface area contributed by atoms with Crippen molar-refractivity contribution in [2.75, 3.05) is 26.2 Å². The van der Waals surface area contributed by atoms with Gasteiger partial charge in [0.05, 0.1) is 11.8 Å². The van der Waals surface area contributed by atoms with Gasteiger partial charge in [-0.2, -0.15) is 0 Å². The van der Waals surface area contributed by atoms with Gasteiger partial charge >= 0.3 is 11.9 Å². The van der Waals surface area contributed by atoms with Gasteiger partial charge in [-0.1, -0.05) is 60.7 Å². The number of likely N-dealkylation sites (tertiary alicyclic amines) is 1. The molecule has 0 amide bonds. The van der Waals surface area contributed by atoms with E-state index in [0.29, 0.717) is 19.4 Å². The van der Waals surface area contributed by atoms with E-state index < -0.39 is 29.9 Å². The van der Waals surface area contributed by atoms with E-state index in [1.54, 1.807) is 0 Å². The molecule has 1 aliphatic heterocycles. The van der Waals surface area contributed by atoms with Crippen molar-refractivity contribution >= 4 is 11.9 Å². The van der Waals surface area contributed by atoms with E-state index in [9.17, 15) is 14.7 Å². The van der Waals surface area contributed by atoms with Crippen LogP contribution < -0.4 is 4.74 Å². The van der Waals surface area contributed by atoms with Crippen LogP contribution in [-0.4, -0.2) is 54.3 Å². The summed E-state index contributed by atoms with van der Waals surface area (Å²) >= 11 is 0. The number of ether oxygens (including phenoxy) is 2. The van der Waals surface area contributed by atoms with E-state index in [-0.39, 0.29) is 6.61 Å². The molecule has 186 valence electrons. The van der Waals surface area contributed by atoms with Crippen molar-refractivity contribution in [2.45, 2.75) is 44.6 Å². The molecule has 0 aromatic heterocycles. The van der Waals surface area contributed by atoms with Gasteiger partial charge in [-0.3, -0.25) is 14.5 Å². The summed E-state index contributed by atoms with van der Waals surface area (Å²) in [6.07, 6.45) is 8.05. The maximum absolute atomic E-state index is 13.0. The van der Waals surface area contributed by atoms with Crippen molar-refractivity contribution in [2.24, 2.45) is 11.8 Å². The topological polar surface area (TPSA) is 76.1 Å². The molecule has 3 atom stereocenters. The molecule has 1 saturated heterocycles. The third-order valence-corrected chi connectivity index (χ3v) is 6.92. The molecule has 0 bridgehead atoms. The van der Waals surface area contributed by atoms with Gasteiger partial charge in [0, 0.05) is 6.54 Å². The first-order chi connectivity index (χ1) is 17.1. The minimum Gasteiger partial charge on any atom is -0.489 e. The maximum atomic E-state index is 13.0. The van der Waals surface area contributed by atoms with Crippen LogP contribution in [0.1, 0.15) is 36.8 Å². The molecular formula is C29H35NO5. The quantitative estimate of drug-likeness (QED) is 0.379. The minimum atomic E-state index is -0.948. The molecule has 1 N–H and O–H groups in total. The normalized spacial score (nSPS) is 20.9. The van der Waals surface area contributed by atoms with Crippen LogP contribution in [0.15, 0.2) is 66.7 Å². The fraction of sp³-hybridized carbons (Fsp3) is 0.448. The molecule has 0 saturated carbocycles. The summed E-state index contributed by atoms with van der Waals surface area (Å²) in [7, 11) is 0. The zero-order chi connectivity index (χ0) is 24.5. The summed E-state index contributed by atoms with van der Waals surface area (Å²) < 4.78 is 12.1. The number of hydrogen-bond acceptors (Lipinski definition) is 5. The maximum Gasteiger partial charge on any atom is 0.310 e. The van der Waals surface area contributed by atoms with Gasteiger partial charge in [-0.15, -0.1) is 0 Å². The fourth-order valence-electron chi connectivity index (χ4n) is 4.93. The van der Waals surface area contributed by atoms with Gasteiger partial charge in [0.1, 0.15) is 18.5 Å². The highest BCUT2D eigenvalue weighted by atomic mass is 16.6. The van der Waals surface area contributed by atoms with Crippen LogP contribution in [0.5, 0.6) is 5.75 Å². The molecule has 1 heterocycles. The molecule has 0 spiro atoms. The summed E-state index contributed by atoms with van der Waals surface area (Å²) in [5.41, 5.74) is 2.39. The number of allylic oxidation sites excluding steroid dienone is 2. The van der Waals surface area contributed by atoms with Crippen molar-refractivity contribution in [3.8, 4) is 5.75 Å². The molecule has 35 heavy (non-hydrogen) atoms. The third kappa shape index (κ3) is 7.18. The van der Waals surface area contributed by atoms with Gasteiger partial charge in [0.15, 0.2) is 0 Å². The largest absolute Gasteiger partial charge is 0.489 e. The molecule has 1 aliphatic carbocycles. The van der Waals surface area contributed by atoms with Crippen molar-refractivity contribution in [3.63, 3.8) is 0 Å². The van der Waals surface area contributed by atoms with Crippen molar-refractivity contribution in [3.05, 3.63) is 77.9 Å². The Balaban J connectivity index is 1.41. The summed E-state index contributed by atoms with van der Waals surface area (Å²) in [5, 5.41) is 9.56. The second-order valence-electron chi connectivity index (χ2n) is 9.46. The lowest BCUT2D eigenvalue weighted by molar-refractivity contribution is -0.163. The zero-order valence-electron chi connectivity index (χ0n) is 20.2. The van der Waals surface area contributed by atoms with Crippen molar-refractivity contribution in [1.29, 1.82) is 0 Å². The molecule has 2 aromatic carbocycles. The van der Waals surface area contributed by atoms with Crippen molar-refractivity contribution < 1.29 is 24.2 Å². The SMILES string of the molecule is O=C(O)C1CC=CCC1C(=O)OC(COc1ccccc1CCc1ccccc1)CN1CCCC1. The van der Waals surface area contributed by atoms with E-state index in [1.807, 2.05) is 48.6 Å². The Bertz CT molecular complexity index is 999. The third-order valence-electron chi connectivity index (χ3n) is 6.92. The number of aliphatic carboxylic acids is 1. The van der Waals surface area contributed by atoms with Gasteiger partial charge in [0.2, 0.25) is 0 Å². The number of carbonyl (C=O) groups excluding carboxylic acids is 1. The van der Waals surface area contributed by atoms with Crippen LogP contribution in [0.3, 0.4) is 0 Å². The smallest absolute Gasteiger partial charge is 0.310 e. The zero-order valence-corrected chi connectivity index (χ0v) is 20.2. The lowest BCUT2D eigenvalue weighted by Crippen LogP contribution is -2.41. The summed E-state index contributed by atoms with van der Waals surface area (Å²) in [5.74, 6) is -1.98. The molecule has 0 radical (unpaired) electrons. The van der Waals surface area contributed by atoms with Crippen LogP contribution in [0.25, 0.3) is 0 Å². The van der Waals surface area contributed by atoms with Gasteiger partial charge in [0.25, 0.3) is 0 Å². The first kappa shape index (κ1) is 25.0. The van der Waals surface area contributed by atoms with E-state index in [2.05, 4.69) is 23.1 Å². The number of carbonyl (C=O) groups is 2. The van der Waals surface area contributed by atoms with Crippen LogP contribution in [0.4, 0.5) is 0 Å². The highest BCUT2D eigenvalue weighted by Crippen LogP contribution is 2.28. The Kier molecular flexibility index (Phi) is 8.96. The number of nitrogens with zero attached hydrogens (tertiary/aromatic N) is 1. The summed E-state index contributed by atoms with van der Waals surface area (Å²) in [6, 6.07) is 18.4. The van der Waals surface area contributed by atoms with E-state index in [0.717, 1.165) is 50.1 Å². The molecule has 2 aromatic rings. The Morgan fingerprint density at radius 2 is 1.60 bits per heavy atom. The standard InChI is InChI=1S/C29H35NO5/c31-28(32)25-13-5-6-14-26(25)29(33)35-24(20-30-18-8-9-19-30)21-34-27-15-7-4-12-23(27)17-16-22-10-2-1-3-11-22/h1-7,10-12,15,24-26H,8-9,13-14,16-21H2,(H,31,32). The molecule has 6 heteroatoms.